The van der Waals surface area contributed by atoms with E-state index in [9.17, 15) is 0 Å². The van der Waals surface area contributed by atoms with Crippen molar-refractivity contribution in [1.29, 1.82) is 0 Å². The van der Waals surface area contributed by atoms with Gasteiger partial charge < -0.3 is 4.42 Å². The monoisotopic (exact) mass is 385 g/mol. The number of nitrogens with zero attached hydrogens (tertiary/aromatic N) is 3. The van der Waals surface area contributed by atoms with Gasteiger partial charge >= 0.3 is 0 Å². The van der Waals surface area contributed by atoms with Crippen LogP contribution in [0.25, 0.3) is 10.2 Å². The third-order valence-electron chi connectivity index (χ3n) is 3.49. The van der Waals surface area contributed by atoms with Gasteiger partial charge in [0.05, 0.1) is 16.0 Å². The van der Waals surface area contributed by atoms with E-state index in [-0.39, 0.29) is 0 Å². The van der Waals surface area contributed by atoms with E-state index in [0.717, 1.165) is 15.6 Å². The zero-order valence-corrected chi connectivity index (χ0v) is 16.0. The smallest absolute Gasteiger partial charge is 0.276 e. The van der Waals surface area contributed by atoms with Gasteiger partial charge in [0.15, 0.2) is 4.34 Å². The number of hydrogen-bond acceptors (Lipinski definition) is 7. The number of rotatable bonds is 6. The van der Waals surface area contributed by atoms with Crippen LogP contribution in [0.15, 0.2) is 62.5 Å². The van der Waals surface area contributed by atoms with Gasteiger partial charge in [0.1, 0.15) is 0 Å². The Bertz CT molecular complexity index is 963. The van der Waals surface area contributed by atoms with E-state index in [1.54, 1.807) is 34.9 Å². The molecule has 0 spiro atoms. The second-order valence-electron chi connectivity index (χ2n) is 5.48. The molecule has 126 valence electrons. The summed E-state index contributed by atoms with van der Waals surface area (Å²) in [6, 6.07) is 16.6. The van der Waals surface area contributed by atoms with Crippen LogP contribution < -0.4 is 0 Å². The predicted octanol–water partition coefficient (Wildman–Crippen LogP) is 5.57. The Morgan fingerprint density at radius 2 is 1.92 bits per heavy atom. The van der Waals surface area contributed by atoms with Crippen LogP contribution >= 0.6 is 34.9 Å². The molecule has 0 aliphatic heterocycles. The maximum Gasteiger partial charge on any atom is 0.276 e. The lowest BCUT2D eigenvalue weighted by Gasteiger charge is -1.99. The molecule has 0 N–H and O–H groups in total. The number of thiazole rings is 1. The number of thioether (sulfide) groups is 2. The number of aromatic nitrogens is 3. The van der Waals surface area contributed by atoms with E-state index in [1.165, 1.54) is 15.8 Å². The van der Waals surface area contributed by atoms with Gasteiger partial charge in [0.25, 0.3) is 5.22 Å². The molecule has 7 heteroatoms. The zero-order valence-electron chi connectivity index (χ0n) is 13.5. The van der Waals surface area contributed by atoms with E-state index in [4.69, 9.17) is 4.42 Å². The van der Waals surface area contributed by atoms with Crippen LogP contribution in [0.4, 0.5) is 0 Å². The number of benzene rings is 2. The highest BCUT2D eigenvalue weighted by Crippen LogP contribution is 2.31. The average Bonchev–Trinajstić information content (AvgIpc) is 3.24. The molecule has 0 atom stereocenters. The maximum atomic E-state index is 5.73. The second kappa shape index (κ2) is 7.59. The molecule has 4 rings (SSSR count). The van der Waals surface area contributed by atoms with Crippen molar-refractivity contribution in [3.05, 3.63) is 65.5 Å². The van der Waals surface area contributed by atoms with Gasteiger partial charge in [-0.15, -0.1) is 21.5 Å². The highest BCUT2D eigenvalue weighted by Gasteiger charge is 2.10. The Balaban J connectivity index is 1.34. The maximum absolute atomic E-state index is 5.73. The molecule has 0 saturated heterocycles. The normalized spacial score (nSPS) is 11.2. The van der Waals surface area contributed by atoms with E-state index < -0.39 is 0 Å². The Morgan fingerprint density at radius 3 is 2.80 bits per heavy atom. The van der Waals surface area contributed by atoms with Crippen LogP contribution in [-0.4, -0.2) is 15.2 Å². The van der Waals surface area contributed by atoms with Crippen LogP contribution in [0.3, 0.4) is 0 Å². The standard InChI is InChI=1S/C18H15N3OS3/c1-12-5-4-6-13(9-12)10-23-17-21-20-16(22-17)11-24-18-19-14-7-2-3-8-15(14)25-18/h2-9H,10-11H2,1H3. The fourth-order valence-electron chi connectivity index (χ4n) is 2.34. The lowest BCUT2D eigenvalue weighted by Crippen LogP contribution is -1.81. The second-order valence-corrected chi connectivity index (χ2v) is 8.66. The number of para-hydroxylation sites is 1. The van der Waals surface area contributed by atoms with Gasteiger partial charge in [-0.2, -0.15) is 0 Å². The molecule has 0 unspecified atom stereocenters. The summed E-state index contributed by atoms with van der Waals surface area (Å²) in [4.78, 5) is 4.61. The Hall–Kier alpha value is -1.83. The molecular formula is C18H15N3OS3. The highest BCUT2D eigenvalue weighted by molar-refractivity contribution is 8.00. The molecule has 4 nitrogen and oxygen atoms in total. The molecule has 0 fully saturated rings. The number of fused-ring (bicyclic) bond motifs is 1. The minimum atomic E-state index is 0.612. The minimum Gasteiger partial charge on any atom is -0.415 e. The van der Waals surface area contributed by atoms with Crippen molar-refractivity contribution in [1.82, 2.24) is 15.2 Å². The third-order valence-corrected chi connectivity index (χ3v) is 6.54. The molecule has 25 heavy (non-hydrogen) atoms. The van der Waals surface area contributed by atoms with E-state index in [2.05, 4.69) is 52.4 Å². The largest absolute Gasteiger partial charge is 0.415 e. The summed E-state index contributed by atoms with van der Waals surface area (Å²) in [6.07, 6.45) is 0. The average molecular weight is 386 g/mol. The van der Waals surface area contributed by atoms with Crippen LogP contribution in [-0.2, 0) is 11.5 Å². The van der Waals surface area contributed by atoms with Crippen molar-refractivity contribution in [2.75, 3.05) is 0 Å². The van der Waals surface area contributed by atoms with E-state index >= 15 is 0 Å². The Morgan fingerprint density at radius 1 is 1.00 bits per heavy atom. The van der Waals surface area contributed by atoms with Crippen molar-refractivity contribution in [2.45, 2.75) is 28.0 Å². The lowest BCUT2D eigenvalue weighted by atomic mass is 10.2. The van der Waals surface area contributed by atoms with Crippen molar-refractivity contribution in [3.8, 4) is 0 Å². The molecule has 0 radical (unpaired) electrons. The molecule has 4 aromatic rings. The van der Waals surface area contributed by atoms with Crippen LogP contribution in [0, 0.1) is 6.92 Å². The van der Waals surface area contributed by atoms with Gasteiger partial charge in [-0.25, -0.2) is 4.98 Å². The van der Waals surface area contributed by atoms with Crippen LogP contribution in [0.1, 0.15) is 17.0 Å². The van der Waals surface area contributed by atoms with Gasteiger partial charge in [-0.1, -0.05) is 65.5 Å². The van der Waals surface area contributed by atoms with E-state index in [0.29, 0.717) is 16.9 Å². The summed E-state index contributed by atoms with van der Waals surface area (Å²) in [6.45, 7) is 2.10. The molecule has 0 aliphatic carbocycles. The molecular weight excluding hydrogens is 370 g/mol. The molecule has 0 bridgehead atoms. The van der Waals surface area contributed by atoms with E-state index in [1.807, 2.05) is 18.2 Å². The third kappa shape index (κ3) is 4.23. The summed E-state index contributed by atoms with van der Waals surface area (Å²) in [5.41, 5.74) is 3.56. The summed E-state index contributed by atoms with van der Waals surface area (Å²) in [7, 11) is 0. The fraction of sp³-hybridized carbons (Fsp3) is 0.167. The summed E-state index contributed by atoms with van der Waals surface area (Å²) >= 11 is 4.89. The van der Waals surface area contributed by atoms with Gasteiger partial charge in [-0.05, 0) is 24.6 Å². The fourth-order valence-corrected chi connectivity index (χ4v) is 4.97. The zero-order chi connectivity index (χ0) is 17.1. The summed E-state index contributed by atoms with van der Waals surface area (Å²) in [5.74, 6) is 2.10. The molecule has 2 aromatic carbocycles. The molecule has 0 aliphatic rings. The Labute approximate surface area is 158 Å². The van der Waals surface area contributed by atoms with Gasteiger partial charge in [0, 0.05) is 5.75 Å². The predicted molar refractivity (Wildman–Crippen MR) is 104 cm³/mol. The SMILES string of the molecule is Cc1cccc(CSc2nnc(CSc3nc4ccccc4s3)o2)c1. The molecule has 2 aromatic heterocycles. The first-order valence-corrected chi connectivity index (χ1v) is 10.5. The topological polar surface area (TPSA) is 51.8 Å². The minimum absolute atomic E-state index is 0.612. The quantitative estimate of drug-likeness (QED) is 0.404. The van der Waals surface area contributed by atoms with Gasteiger partial charge in [0.2, 0.25) is 5.89 Å². The van der Waals surface area contributed by atoms with Crippen molar-refractivity contribution >= 4 is 45.1 Å². The molecule has 0 amide bonds. The highest BCUT2D eigenvalue weighted by atomic mass is 32.2. The number of hydrogen-bond donors (Lipinski definition) is 0. The number of aryl methyl sites for hydroxylation is 1. The first kappa shape index (κ1) is 16.6. The van der Waals surface area contributed by atoms with Crippen molar-refractivity contribution in [3.63, 3.8) is 0 Å². The van der Waals surface area contributed by atoms with Crippen molar-refractivity contribution < 1.29 is 4.42 Å². The molecule has 0 saturated carbocycles. The first-order chi connectivity index (χ1) is 12.3. The first-order valence-electron chi connectivity index (χ1n) is 7.75. The molecule has 2 heterocycles. The Kier molecular flexibility index (Phi) is 5.05. The summed E-state index contributed by atoms with van der Waals surface area (Å²) < 4.78 is 7.95. The van der Waals surface area contributed by atoms with Crippen LogP contribution in [0.2, 0.25) is 0 Å². The van der Waals surface area contributed by atoms with Crippen LogP contribution in [0.5, 0.6) is 0 Å². The van der Waals surface area contributed by atoms with Crippen molar-refractivity contribution in [2.24, 2.45) is 0 Å². The lowest BCUT2D eigenvalue weighted by molar-refractivity contribution is 0.426. The van der Waals surface area contributed by atoms with Gasteiger partial charge in [-0.3, -0.25) is 0 Å². The summed E-state index contributed by atoms with van der Waals surface area (Å²) in [5, 5.41) is 8.87.